The minimum absolute atomic E-state index is 0.0132. The van der Waals surface area contributed by atoms with E-state index in [1.165, 1.54) is 19.1 Å². The summed E-state index contributed by atoms with van der Waals surface area (Å²) in [7, 11) is -3.84. The first kappa shape index (κ1) is 18.8. The monoisotopic (exact) mass is 385 g/mol. The van der Waals surface area contributed by atoms with Gasteiger partial charge in [0, 0.05) is 5.69 Å². The summed E-state index contributed by atoms with van der Waals surface area (Å²) in [5.41, 5.74) is 4.20. The Labute approximate surface area is 158 Å². The van der Waals surface area contributed by atoms with Crippen molar-refractivity contribution in [2.45, 2.75) is 25.7 Å². The summed E-state index contributed by atoms with van der Waals surface area (Å²) >= 11 is 0. The normalized spacial score (nSPS) is 11.3. The van der Waals surface area contributed by atoms with Gasteiger partial charge in [-0.2, -0.15) is 0 Å². The molecule has 3 rings (SSSR count). The number of halogens is 1. The average molecular weight is 385 g/mol. The van der Waals surface area contributed by atoms with Gasteiger partial charge in [0.1, 0.15) is 11.6 Å². The molecule has 7 heteroatoms. The second kappa shape index (κ2) is 7.36. The van der Waals surface area contributed by atoms with Gasteiger partial charge in [0.05, 0.1) is 16.8 Å². The zero-order valence-electron chi connectivity index (χ0n) is 15.2. The van der Waals surface area contributed by atoms with Gasteiger partial charge in [0.15, 0.2) is 0 Å². The lowest BCUT2D eigenvalue weighted by atomic mass is 10.1. The third kappa shape index (κ3) is 4.43. The van der Waals surface area contributed by atoms with Gasteiger partial charge >= 0.3 is 0 Å². The molecule has 0 aliphatic carbocycles. The highest BCUT2D eigenvalue weighted by atomic mass is 32.2. The summed E-state index contributed by atoms with van der Waals surface area (Å²) in [5.74, 6) is -0.266. The number of nitrogens with zero attached hydrogens (tertiary/aromatic N) is 1. The zero-order chi connectivity index (χ0) is 19.6. The third-order valence-electron chi connectivity index (χ3n) is 4.11. The molecule has 0 saturated carbocycles. The van der Waals surface area contributed by atoms with Crippen molar-refractivity contribution in [2.24, 2.45) is 0 Å². The van der Waals surface area contributed by atoms with Crippen molar-refractivity contribution < 1.29 is 12.8 Å². The van der Waals surface area contributed by atoms with Crippen LogP contribution in [0.3, 0.4) is 0 Å². The van der Waals surface area contributed by atoms with Crippen LogP contribution in [0.1, 0.15) is 16.7 Å². The highest BCUT2D eigenvalue weighted by molar-refractivity contribution is 7.92. The highest BCUT2D eigenvalue weighted by Gasteiger charge is 2.16. The fraction of sp³-hybridized carbons (Fsp3) is 0.150. The Hall–Kier alpha value is -2.93. The van der Waals surface area contributed by atoms with E-state index in [9.17, 15) is 12.8 Å². The van der Waals surface area contributed by atoms with E-state index in [4.69, 9.17) is 0 Å². The van der Waals surface area contributed by atoms with Crippen LogP contribution in [0.4, 0.5) is 21.6 Å². The number of aromatic nitrogens is 1. The first-order valence-electron chi connectivity index (χ1n) is 8.34. The van der Waals surface area contributed by atoms with Gasteiger partial charge in [-0.05, 0) is 73.9 Å². The van der Waals surface area contributed by atoms with Crippen LogP contribution in [0.5, 0.6) is 0 Å². The summed E-state index contributed by atoms with van der Waals surface area (Å²) in [6.07, 6.45) is 1.55. The molecule has 27 heavy (non-hydrogen) atoms. The Morgan fingerprint density at radius 2 is 1.70 bits per heavy atom. The quantitative estimate of drug-likeness (QED) is 0.668. The van der Waals surface area contributed by atoms with Crippen molar-refractivity contribution in [1.29, 1.82) is 0 Å². The molecule has 2 N–H and O–H groups in total. The first-order chi connectivity index (χ1) is 12.7. The maximum absolute atomic E-state index is 13.4. The van der Waals surface area contributed by atoms with E-state index in [-0.39, 0.29) is 16.3 Å². The van der Waals surface area contributed by atoms with Gasteiger partial charge in [0.2, 0.25) is 0 Å². The van der Waals surface area contributed by atoms with Gasteiger partial charge < -0.3 is 5.32 Å². The van der Waals surface area contributed by atoms with Gasteiger partial charge in [-0.25, -0.2) is 17.8 Å². The fourth-order valence-corrected chi connectivity index (χ4v) is 3.63. The molecular formula is C20H20FN3O2S. The van der Waals surface area contributed by atoms with Crippen LogP contribution < -0.4 is 10.0 Å². The van der Waals surface area contributed by atoms with Crippen molar-refractivity contribution in [2.75, 3.05) is 10.0 Å². The maximum atomic E-state index is 13.4. The lowest BCUT2D eigenvalue weighted by Gasteiger charge is -2.12. The average Bonchev–Trinajstić information content (AvgIpc) is 2.62. The van der Waals surface area contributed by atoms with Gasteiger partial charge in [-0.1, -0.05) is 12.1 Å². The van der Waals surface area contributed by atoms with E-state index in [1.54, 1.807) is 18.3 Å². The smallest absolute Gasteiger partial charge is 0.263 e. The molecule has 140 valence electrons. The van der Waals surface area contributed by atoms with Gasteiger partial charge in [-0.15, -0.1) is 0 Å². The third-order valence-corrected chi connectivity index (χ3v) is 5.47. The van der Waals surface area contributed by atoms with Crippen LogP contribution in [0.2, 0.25) is 0 Å². The number of sulfonamides is 1. The van der Waals surface area contributed by atoms with Crippen molar-refractivity contribution in [3.05, 3.63) is 77.2 Å². The SMILES string of the molecule is Cc1ccc(C)c(Nc2ccc(NS(=O)(=O)c3ccc(F)c(C)c3)nc2)c1. The van der Waals surface area contributed by atoms with E-state index in [0.717, 1.165) is 28.6 Å². The van der Waals surface area contributed by atoms with E-state index >= 15 is 0 Å². The summed E-state index contributed by atoms with van der Waals surface area (Å²) in [6, 6.07) is 13.0. The van der Waals surface area contributed by atoms with Crippen molar-refractivity contribution in [3.63, 3.8) is 0 Å². The molecular weight excluding hydrogens is 365 g/mol. The van der Waals surface area contributed by atoms with E-state index in [0.29, 0.717) is 0 Å². The molecule has 0 bridgehead atoms. The number of benzene rings is 2. The molecule has 3 aromatic rings. The van der Waals surface area contributed by atoms with E-state index in [2.05, 4.69) is 15.0 Å². The Balaban J connectivity index is 1.77. The van der Waals surface area contributed by atoms with Crippen molar-refractivity contribution in [3.8, 4) is 0 Å². The Morgan fingerprint density at radius 1 is 0.926 bits per heavy atom. The summed E-state index contributed by atoms with van der Waals surface area (Å²) in [6.45, 7) is 5.53. The molecule has 1 aromatic heterocycles. The number of pyridine rings is 1. The number of anilines is 3. The predicted octanol–water partition coefficient (Wildman–Crippen LogP) is 4.69. The molecule has 0 atom stereocenters. The lowest BCUT2D eigenvalue weighted by molar-refractivity contribution is 0.598. The molecule has 0 fully saturated rings. The summed E-state index contributed by atoms with van der Waals surface area (Å²) < 4.78 is 40.6. The number of nitrogens with one attached hydrogen (secondary N) is 2. The van der Waals surface area contributed by atoms with Crippen LogP contribution in [0.25, 0.3) is 0 Å². The van der Waals surface area contributed by atoms with Crippen molar-refractivity contribution in [1.82, 2.24) is 4.98 Å². The molecule has 0 amide bonds. The number of hydrogen-bond donors (Lipinski definition) is 2. The molecule has 5 nitrogen and oxygen atoms in total. The van der Waals surface area contributed by atoms with E-state index in [1.807, 2.05) is 32.0 Å². The summed E-state index contributed by atoms with van der Waals surface area (Å²) in [4.78, 5) is 4.14. The highest BCUT2D eigenvalue weighted by Crippen LogP contribution is 2.23. The van der Waals surface area contributed by atoms with Gasteiger partial charge in [0.25, 0.3) is 10.0 Å². The second-order valence-corrected chi connectivity index (χ2v) is 8.07. The maximum Gasteiger partial charge on any atom is 0.263 e. The Kier molecular flexibility index (Phi) is 5.14. The lowest BCUT2D eigenvalue weighted by Crippen LogP contribution is -2.14. The zero-order valence-corrected chi connectivity index (χ0v) is 16.1. The molecule has 0 aliphatic heterocycles. The molecule has 2 aromatic carbocycles. The molecule has 0 spiro atoms. The predicted molar refractivity (Wildman–Crippen MR) is 105 cm³/mol. The molecule has 0 unspecified atom stereocenters. The minimum atomic E-state index is -3.84. The standard InChI is InChI=1S/C20H20FN3O2S/c1-13-4-5-14(2)19(10-13)23-16-6-9-20(22-12-16)24-27(25,26)17-7-8-18(21)15(3)11-17/h4-12,23H,1-3H3,(H,22,24). The van der Waals surface area contributed by atoms with Crippen LogP contribution in [-0.2, 0) is 10.0 Å². The summed E-state index contributed by atoms with van der Waals surface area (Å²) in [5, 5.41) is 3.27. The number of hydrogen-bond acceptors (Lipinski definition) is 4. The van der Waals surface area contributed by atoms with Crippen LogP contribution in [-0.4, -0.2) is 13.4 Å². The number of rotatable bonds is 5. The van der Waals surface area contributed by atoms with Crippen LogP contribution in [0, 0.1) is 26.6 Å². The van der Waals surface area contributed by atoms with Crippen molar-refractivity contribution >= 4 is 27.2 Å². The number of aryl methyl sites for hydroxylation is 3. The largest absolute Gasteiger partial charge is 0.354 e. The molecule has 0 aliphatic rings. The topological polar surface area (TPSA) is 71.1 Å². The molecule has 0 radical (unpaired) electrons. The Morgan fingerprint density at radius 3 is 2.37 bits per heavy atom. The fourth-order valence-electron chi connectivity index (χ4n) is 2.54. The molecule has 1 heterocycles. The Bertz CT molecular complexity index is 1080. The second-order valence-electron chi connectivity index (χ2n) is 6.39. The van der Waals surface area contributed by atoms with Crippen LogP contribution in [0.15, 0.2) is 59.6 Å². The van der Waals surface area contributed by atoms with E-state index < -0.39 is 15.8 Å². The first-order valence-corrected chi connectivity index (χ1v) is 9.82. The minimum Gasteiger partial charge on any atom is -0.354 e. The molecule has 0 saturated heterocycles. The van der Waals surface area contributed by atoms with Crippen LogP contribution >= 0.6 is 0 Å². The van der Waals surface area contributed by atoms with Gasteiger partial charge in [-0.3, -0.25) is 4.72 Å².